The molecule has 1 aromatic carbocycles. The van der Waals surface area contributed by atoms with E-state index in [0.717, 1.165) is 25.7 Å². The Bertz CT molecular complexity index is 709. The number of carboxylic acids is 1. The molecule has 2 rings (SSSR count). The first kappa shape index (κ1) is 18.2. The Morgan fingerprint density at radius 3 is 2.21 bits per heavy atom. The van der Waals surface area contributed by atoms with E-state index in [4.69, 9.17) is 10.2 Å². The van der Waals surface area contributed by atoms with Gasteiger partial charge in [-0.1, -0.05) is 12.8 Å². The van der Waals surface area contributed by atoms with Crippen LogP contribution in [-0.2, 0) is 19.6 Å². The van der Waals surface area contributed by atoms with Gasteiger partial charge in [0.05, 0.1) is 17.0 Å². The van der Waals surface area contributed by atoms with Crippen molar-refractivity contribution in [2.24, 2.45) is 10.6 Å². The van der Waals surface area contributed by atoms with Crippen molar-refractivity contribution < 1.29 is 23.1 Å². The SMILES string of the molecule is NS(=O)(=O)c1ccc(NNC(=O)CC2(CC(=O)O)CCCC2)cc1. The molecule has 1 saturated carbocycles. The smallest absolute Gasteiger partial charge is 0.303 e. The van der Waals surface area contributed by atoms with Crippen molar-refractivity contribution >= 4 is 27.6 Å². The second-order valence-corrected chi connectivity index (χ2v) is 7.76. The van der Waals surface area contributed by atoms with E-state index in [9.17, 15) is 18.0 Å². The minimum absolute atomic E-state index is 0.0104. The normalized spacial score (nSPS) is 16.5. The number of primary sulfonamides is 1. The van der Waals surface area contributed by atoms with Crippen molar-refractivity contribution in [3.8, 4) is 0 Å². The Morgan fingerprint density at radius 2 is 1.71 bits per heavy atom. The van der Waals surface area contributed by atoms with Gasteiger partial charge in [-0.2, -0.15) is 0 Å². The fourth-order valence-corrected chi connectivity index (χ4v) is 3.63. The molecule has 0 atom stereocenters. The second-order valence-electron chi connectivity index (χ2n) is 6.20. The molecule has 0 unspecified atom stereocenters. The maximum absolute atomic E-state index is 12.1. The maximum Gasteiger partial charge on any atom is 0.303 e. The number of aliphatic carboxylic acids is 1. The van der Waals surface area contributed by atoms with Gasteiger partial charge >= 0.3 is 5.97 Å². The molecule has 24 heavy (non-hydrogen) atoms. The molecule has 1 aliphatic carbocycles. The molecule has 0 radical (unpaired) electrons. The Kier molecular flexibility index (Phi) is 5.45. The zero-order valence-electron chi connectivity index (χ0n) is 13.1. The quantitative estimate of drug-likeness (QED) is 0.542. The Morgan fingerprint density at radius 1 is 1.12 bits per heavy atom. The standard InChI is InChI=1S/C15H21N3O5S/c16-24(22,23)12-5-3-11(4-6-12)17-18-13(19)9-15(10-14(20)21)7-1-2-8-15/h3-6,17H,1-2,7-10H2,(H,18,19)(H,20,21)(H2,16,22,23). The number of hydrazine groups is 1. The van der Waals surface area contributed by atoms with E-state index in [1.165, 1.54) is 24.3 Å². The Labute approximate surface area is 140 Å². The minimum Gasteiger partial charge on any atom is -0.481 e. The Balaban J connectivity index is 1.91. The Hall–Kier alpha value is -2.13. The predicted octanol–water partition coefficient (Wildman–Crippen LogP) is 1.20. The third kappa shape index (κ3) is 4.93. The van der Waals surface area contributed by atoms with E-state index in [-0.39, 0.29) is 23.6 Å². The fourth-order valence-electron chi connectivity index (χ4n) is 3.12. The number of nitrogens with two attached hydrogens (primary N) is 1. The molecule has 1 fully saturated rings. The first-order valence-corrected chi connectivity index (χ1v) is 9.14. The predicted molar refractivity (Wildman–Crippen MR) is 87.4 cm³/mol. The van der Waals surface area contributed by atoms with E-state index < -0.39 is 21.4 Å². The lowest BCUT2D eigenvalue weighted by Crippen LogP contribution is -2.35. The zero-order chi connectivity index (χ0) is 17.8. The van der Waals surface area contributed by atoms with Gasteiger partial charge in [-0.3, -0.25) is 20.4 Å². The van der Waals surface area contributed by atoms with Crippen LogP contribution in [0.4, 0.5) is 5.69 Å². The van der Waals surface area contributed by atoms with Gasteiger partial charge in [0.1, 0.15) is 0 Å². The molecule has 0 bridgehead atoms. The molecule has 1 amide bonds. The van der Waals surface area contributed by atoms with Crippen LogP contribution in [0.1, 0.15) is 38.5 Å². The molecule has 0 aliphatic heterocycles. The van der Waals surface area contributed by atoms with Crippen molar-refractivity contribution in [3.63, 3.8) is 0 Å². The molecular weight excluding hydrogens is 334 g/mol. The van der Waals surface area contributed by atoms with E-state index in [1.54, 1.807) is 0 Å². The number of rotatable bonds is 7. The van der Waals surface area contributed by atoms with Crippen molar-refractivity contribution in [2.75, 3.05) is 5.43 Å². The van der Waals surface area contributed by atoms with Crippen LogP contribution in [0.2, 0.25) is 0 Å². The van der Waals surface area contributed by atoms with Crippen molar-refractivity contribution in [1.29, 1.82) is 0 Å². The summed E-state index contributed by atoms with van der Waals surface area (Å²) in [6.07, 6.45) is 3.46. The highest BCUT2D eigenvalue weighted by Gasteiger charge is 2.37. The van der Waals surface area contributed by atoms with Crippen LogP contribution in [-0.4, -0.2) is 25.4 Å². The highest BCUT2D eigenvalue weighted by molar-refractivity contribution is 7.89. The number of sulfonamides is 1. The number of hydrogen-bond acceptors (Lipinski definition) is 5. The summed E-state index contributed by atoms with van der Waals surface area (Å²) in [6.45, 7) is 0. The summed E-state index contributed by atoms with van der Waals surface area (Å²) in [7, 11) is -3.76. The molecule has 0 aromatic heterocycles. The van der Waals surface area contributed by atoms with Crippen molar-refractivity contribution in [1.82, 2.24) is 5.43 Å². The van der Waals surface area contributed by atoms with Gasteiger partial charge in [-0.05, 0) is 42.5 Å². The topological polar surface area (TPSA) is 139 Å². The van der Waals surface area contributed by atoms with Crippen LogP contribution in [0.3, 0.4) is 0 Å². The van der Waals surface area contributed by atoms with E-state index in [0.29, 0.717) is 5.69 Å². The molecular formula is C15H21N3O5S. The van der Waals surface area contributed by atoms with Crippen molar-refractivity contribution in [2.45, 2.75) is 43.4 Å². The minimum atomic E-state index is -3.76. The van der Waals surface area contributed by atoms with Gasteiger partial charge in [0, 0.05) is 6.42 Å². The lowest BCUT2D eigenvalue weighted by Gasteiger charge is -2.26. The van der Waals surface area contributed by atoms with Gasteiger partial charge in [0.15, 0.2) is 0 Å². The third-order valence-electron chi connectivity index (χ3n) is 4.26. The molecule has 0 saturated heterocycles. The van der Waals surface area contributed by atoms with E-state index >= 15 is 0 Å². The summed E-state index contributed by atoms with van der Waals surface area (Å²) in [5.41, 5.74) is 5.22. The molecule has 9 heteroatoms. The van der Waals surface area contributed by atoms with Gasteiger partial charge < -0.3 is 5.11 Å². The largest absolute Gasteiger partial charge is 0.481 e. The van der Waals surface area contributed by atoms with Crippen LogP contribution >= 0.6 is 0 Å². The molecule has 1 aromatic rings. The lowest BCUT2D eigenvalue weighted by molar-refractivity contribution is -0.140. The number of hydrogen-bond donors (Lipinski definition) is 4. The molecule has 0 heterocycles. The van der Waals surface area contributed by atoms with Crippen LogP contribution in [0.25, 0.3) is 0 Å². The molecule has 5 N–H and O–H groups in total. The maximum atomic E-state index is 12.1. The summed E-state index contributed by atoms with van der Waals surface area (Å²) in [5, 5.41) is 14.1. The first-order valence-electron chi connectivity index (χ1n) is 7.60. The van der Waals surface area contributed by atoms with E-state index in [1.807, 2.05) is 0 Å². The third-order valence-corrected chi connectivity index (χ3v) is 5.18. The number of carboxylic acid groups (broad SMARTS) is 1. The first-order chi connectivity index (χ1) is 11.2. The van der Waals surface area contributed by atoms with Crippen LogP contribution < -0.4 is 16.0 Å². The van der Waals surface area contributed by atoms with Crippen LogP contribution in [0.15, 0.2) is 29.2 Å². The van der Waals surface area contributed by atoms with Gasteiger partial charge in [0.2, 0.25) is 15.9 Å². The van der Waals surface area contributed by atoms with Crippen molar-refractivity contribution in [3.05, 3.63) is 24.3 Å². The fraction of sp³-hybridized carbons (Fsp3) is 0.467. The molecule has 0 spiro atoms. The average molecular weight is 355 g/mol. The number of anilines is 1. The molecule has 1 aliphatic rings. The summed E-state index contributed by atoms with van der Waals surface area (Å²) < 4.78 is 22.3. The highest BCUT2D eigenvalue weighted by atomic mass is 32.2. The highest BCUT2D eigenvalue weighted by Crippen LogP contribution is 2.43. The second kappa shape index (κ2) is 7.18. The zero-order valence-corrected chi connectivity index (χ0v) is 13.9. The van der Waals surface area contributed by atoms with Gasteiger partial charge in [0.25, 0.3) is 0 Å². The van der Waals surface area contributed by atoms with Crippen LogP contribution in [0.5, 0.6) is 0 Å². The number of benzene rings is 1. The number of carbonyl (C=O) groups is 2. The lowest BCUT2D eigenvalue weighted by atomic mass is 9.79. The number of carbonyl (C=O) groups excluding carboxylic acids is 1. The molecule has 132 valence electrons. The summed E-state index contributed by atoms with van der Waals surface area (Å²) >= 11 is 0. The van der Waals surface area contributed by atoms with Gasteiger partial charge in [-0.15, -0.1) is 0 Å². The molecule has 8 nitrogen and oxygen atoms in total. The number of amides is 1. The number of nitrogens with one attached hydrogen (secondary N) is 2. The summed E-state index contributed by atoms with van der Waals surface area (Å²) in [6, 6.07) is 5.60. The van der Waals surface area contributed by atoms with Gasteiger partial charge in [-0.25, -0.2) is 13.6 Å². The summed E-state index contributed by atoms with van der Waals surface area (Å²) in [5.74, 6) is -1.19. The summed E-state index contributed by atoms with van der Waals surface area (Å²) in [4.78, 5) is 23.1. The van der Waals surface area contributed by atoms with E-state index in [2.05, 4.69) is 10.9 Å². The monoisotopic (exact) mass is 355 g/mol. The average Bonchev–Trinajstić information content (AvgIpc) is 2.91. The van der Waals surface area contributed by atoms with Crippen LogP contribution in [0, 0.1) is 5.41 Å².